The van der Waals surface area contributed by atoms with Gasteiger partial charge in [-0.2, -0.15) is 0 Å². The lowest BCUT2D eigenvalue weighted by molar-refractivity contribution is 0.272. The van der Waals surface area contributed by atoms with Crippen molar-refractivity contribution in [3.8, 4) is 0 Å². The highest BCUT2D eigenvalue weighted by Gasteiger charge is 2.21. The van der Waals surface area contributed by atoms with Gasteiger partial charge in [0.1, 0.15) is 0 Å². The molecule has 1 aromatic rings. The van der Waals surface area contributed by atoms with E-state index in [0.717, 1.165) is 17.8 Å². The molecule has 2 atom stereocenters. The van der Waals surface area contributed by atoms with Crippen molar-refractivity contribution in [3.63, 3.8) is 0 Å². The molecule has 1 heteroatoms. The van der Waals surface area contributed by atoms with Gasteiger partial charge < -0.3 is 5.32 Å². The highest BCUT2D eigenvalue weighted by atomic mass is 14.9. The van der Waals surface area contributed by atoms with Gasteiger partial charge in [0.15, 0.2) is 0 Å². The maximum absolute atomic E-state index is 3.53. The molecule has 0 radical (unpaired) electrons. The molecule has 1 saturated heterocycles. The summed E-state index contributed by atoms with van der Waals surface area (Å²) in [5.74, 6) is 2.42. The Balaban J connectivity index is 1.99. The van der Waals surface area contributed by atoms with Gasteiger partial charge in [0.05, 0.1) is 0 Å². The third kappa shape index (κ3) is 3.84. The first-order valence-corrected chi connectivity index (χ1v) is 7.43. The van der Waals surface area contributed by atoms with Crippen LogP contribution in [-0.2, 0) is 12.8 Å². The van der Waals surface area contributed by atoms with Crippen molar-refractivity contribution in [2.75, 3.05) is 13.1 Å². The van der Waals surface area contributed by atoms with Gasteiger partial charge in [0, 0.05) is 0 Å². The van der Waals surface area contributed by atoms with Crippen LogP contribution in [-0.4, -0.2) is 13.1 Å². The lowest BCUT2D eigenvalue weighted by atomic mass is 9.83. The van der Waals surface area contributed by atoms with Gasteiger partial charge in [0.2, 0.25) is 0 Å². The summed E-state index contributed by atoms with van der Waals surface area (Å²) in [6.07, 6.45) is 3.77. The van der Waals surface area contributed by atoms with E-state index in [9.17, 15) is 0 Å². The molecule has 1 aliphatic rings. The largest absolute Gasteiger partial charge is 0.316 e. The van der Waals surface area contributed by atoms with E-state index in [1.54, 1.807) is 0 Å². The number of hydrogen-bond acceptors (Lipinski definition) is 1. The molecule has 0 saturated carbocycles. The predicted molar refractivity (Wildman–Crippen MR) is 78.8 cm³/mol. The smallest absolute Gasteiger partial charge is 0.00148 e. The molecule has 0 bridgehead atoms. The molecule has 0 aromatic heterocycles. The van der Waals surface area contributed by atoms with E-state index in [2.05, 4.69) is 50.4 Å². The maximum atomic E-state index is 3.53. The third-order valence-corrected chi connectivity index (χ3v) is 4.12. The van der Waals surface area contributed by atoms with E-state index < -0.39 is 0 Å². The second-order valence-electron chi connectivity index (χ2n) is 6.35. The average molecular weight is 245 g/mol. The SMILES string of the molecule is CC(C)Cc1cccc(CC2CNCCC2C)c1. The maximum Gasteiger partial charge on any atom is -0.00148 e. The van der Waals surface area contributed by atoms with E-state index in [0.29, 0.717) is 0 Å². The van der Waals surface area contributed by atoms with Gasteiger partial charge in [-0.05, 0) is 61.2 Å². The van der Waals surface area contributed by atoms with Gasteiger partial charge in [-0.3, -0.25) is 0 Å². The fourth-order valence-corrected chi connectivity index (χ4v) is 2.99. The molecule has 2 unspecified atom stereocenters. The summed E-state index contributed by atoms with van der Waals surface area (Å²) < 4.78 is 0. The standard InChI is InChI=1S/C17H27N/c1-13(2)9-15-5-4-6-16(10-15)11-17-12-18-8-7-14(17)3/h4-6,10,13-14,17-18H,7-9,11-12H2,1-3H3. The van der Waals surface area contributed by atoms with Crippen molar-refractivity contribution in [3.05, 3.63) is 35.4 Å². The molecule has 0 aliphatic carbocycles. The van der Waals surface area contributed by atoms with Crippen molar-refractivity contribution < 1.29 is 0 Å². The fraction of sp³-hybridized carbons (Fsp3) is 0.647. The molecule has 0 spiro atoms. The second kappa shape index (κ2) is 6.38. The molecular weight excluding hydrogens is 218 g/mol. The fourth-order valence-electron chi connectivity index (χ4n) is 2.99. The Morgan fingerprint density at radius 1 is 1.28 bits per heavy atom. The first-order chi connectivity index (χ1) is 8.65. The van der Waals surface area contributed by atoms with Gasteiger partial charge in [-0.15, -0.1) is 0 Å². The number of rotatable bonds is 4. The Labute approximate surface area is 112 Å². The van der Waals surface area contributed by atoms with E-state index in [4.69, 9.17) is 0 Å². The van der Waals surface area contributed by atoms with Gasteiger partial charge >= 0.3 is 0 Å². The van der Waals surface area contributed by atoms with Crippen LogP contribution in [0.2, 0.25) is 0 Å². The van der Waals surface area contributed by atoms with E-state index in [1.165, 1.54) is 43.5 Å². The van der Waals surface area contributed by atoms with Crippen LogP contribution in [0.25, 0.3) is 0 Å². The summed E-state index contributed by atoms with van der Waals surface area (Å²) in [7, 11) is 0. The van der Waals surface area contributed by atoms with E-state index >= 15 is 0 Å². The molecule has 2 rings (SSSR count). The Hall–Kier alpha value is -0.820. The second-order valence-corrected chi connectivity index (χ2v) is 6.35. The van der Waals surface area contributed by atoms with Crippen molar-refractivity contribution in [1.29, 1.82) is 0 Å². The number of hydrogen-bond donors (Lipinski definition) is 1. The highest BCUT2D eigenvalue weighted by Crippen LogP contribution is 2.23. The van der Waals surface area contributed by atoms with Crippen LogP contribution in [0.15, 0.2) is 24.3 Å². The normalized spacial score (nSPS) is 24.4. The zero-order chi connectivity index (χ0) is 13.0. The Kier molecular flexibility index (Phi) is 4.82. The molecule has 1 N–H and O–H groups in total. The Morgan fingerprint density at radius 3 is 2.78 bits per heavy atom. The molecule has 1 heterocycles. The molecule has 1 nitrogen and oxygen atoms in total. The monoisotopic (exact) mass is 245 g/mol. The number of piperidine rings is 1. The van der Waals surface area contributed by atoms with Crippen molar-refractivity contribution >= 4 is 0 Å². The predicted octanol–water partition coefficient (Wildman–Crippen LogP) is 3.67. The minimum absolute atomic E-state index is 0.746. The molecule has 1 aromatic carbocycles. The van der Waals surface area contributed by atoms with E-state index in [-0.39, 0.29) is 0 Å². The average Bonchev–Trinajstić information content (AvgIpc) is 2.32. The van der Waals surface area contributed by atoms with Crippen molar-refractivity contribution in [2.45, 2.75) is 40.0 Å². The zero-order valence-corrected chi connectivity index (χ0v) is 12.1. The summed E-state index contributed by atoms with van der Waals surface area (Å²) >= 11 is 0. The van der Waals surface area contributed by atoms with Crippen LogP contribution in [0.1, 0.15) is 38.3 Å². The summed E-state index contributed by atoms with van der Waals surface area (Å²) in [4.78, 5) is 0. The highest BCUT2D eigenvalue weighted by molar-refractivity contribution is 5.24. The Bertz CT molecular complexity index is 370. The minimum Gasteiger partial charge on any atom is -0.316 e. The van der Waals surface area contributed by atoms with Crippen LogP contribution in [0, 0.1) is 17.8 Å². The lowest BCUT2D eigenvalue weighted by Crippen LogP contribution is -2.36. The molecule has 18 heavy (non-hydrogen) atoms. The molecule has 100 valence electrons. The summed E-state index contributed by atoms with van der Waals surface area (Å²) in [5.41, 5.74) is 3.02. The first kappa shape index (κ1) is 13.6. The molecular formula is C17H27N. The van der Waals surface area contributed by atoms with Crippen molar-refractivity contribution in [2.24, 2.45) is 17.8 Å². The lowest BCUT2D eigenvalue weighted by Gasteiger charge is -2.29. The van der Waals surface area contributed by atoms with Crippen molar-refractivity contribution in [1.82, 2.24) is 5.32 Å². The van der Waals surface area contributed by atoms with Gasteiger partial charge in [-0.1, -0.05) is 45.0 Å². The first-order valence-electron chi connectivity index (χ1n) is 7.43. The molecule has 1 fully saturated rings. The number of nitrogens with one attached hydrogen (secondary N) is 1. The van der Waals surface area contributed by atoms with Crippen LogP contribution in [0.5, 0.6) is 0 Å². The van der Waals surface area contributed by atoms with Crippen LogP contribution >= 0.6 is 0 Å². The third-order valence-electron chi connectivity index (χ3n) is 4.12. The number of benzene rings is 1. The molecule has 0 amide bonds. The van der Waals surface area contributed by atoms with Gasteiger partial charge in [-0.25, -0.2) is 0 Å². The van der Waals surface area contributed by atoms with E-state index in [1.807, 2.05) is 0 Å². The topological polar surface area (TPSA) is 12.0 Å². The summed E-state index contributed by atoms with van der Waals surface area (Å²) in [6.45, 7) is 9.38. The summed E-state index contributed by atoms with van der Waals surface area (Å²) in [6, 6.07) is 9.21. The zero-order valence-electron chi connectivity index (χ0n) is 12.1. The van der Waals surface area contributed by atoms with Crippen LogP contribution < -0.4 is 5.32 Å². The minimum atomic E-state index is 0.746. The van der Waals surface area contributed by atoms with Gasteiger partial charge in [0.25, 0.3) is 0 Å². The Morgan fingerprint density at radius 2 is 2.06 bits per heavy atom. The molecule has 1 aliphatic heterocycles. The van der Waals surface area contributed by atoms with Crippen LogP contribution in [0.4, 0.5) is 0 Å². The summed E-state index contributed by atoms with van der Waals surface area (Å²) in [5, 5.41) is 3.53. The van der Waals surface area contributed by atoms with Crippen LogP contribution in [0.3, 0.4) is 0 Å². The quantitative estimate of drug-likeness (QED) is 0.853.